The Bertz CT molecular complexity index is 698. The third-order valence-corrected chi connectivity index (χ3v) is 3.77. The van der Waals surface area contributed by atoms with Gasteiger partial charge in [0, 0.05) is 0 Å². The van der Waals surface area contributed by atoms with Crippen LogP contribution in [0.2, 0.25) is 5.28 Å². The lowest BCUT2D eigenvalue weighted by Crippen LogP contribution is -2.42. The molecule has 2 aromatic heterocycles. The van der Waals surface area contributed by atoms with Gasteiger partial charge >= 0.3 is 0 Å². The van der Waals surface area contributed by atoms with Crippen LogP contribution < -0.4 is 5.73 Å². The predicted molar refractivity (Wildman–Crippen MR) is 71.3 cm³/mol. The van der Waals surface area contributed by atoms with Crippen LogP contribution in [-0.2, 0) is 4.74 Å². The highest BCUT2D eigenvalue weighted by Crippen LogP contribution is 2.39. The van der Waals surface area contributed by atoms with Crippen LogP contribution in [0.1, 0.15) is 13.2 Å². The van der Waals surface area contributed by atoms with Gasteiger partial charge in [-0.2, -0.15) is 9.97 Å². The van der Waals surface area contributed by atoms with Gasteiger partial charge in [-0.3, -0.25) is 4.57 Å². The standard InChI is InChI=1S/C11H13ClFN5O3/c1-11(2-19)6(20)4(13)9(21-11)18-3-15-5-7(14)16-10(12)17-8(5)18/h3-4,6,9,19-20H,2H2,1H3,(H2,14,16,17)/t4-,6-,9-,11+/m0/s1. The SMILES string of the molecule is C[C@]1(CO)O[C@H](n2cnc3c(N)nc(Cl)nc32)[C@@H](F)[C@@H]1O. The number of alkyl halides is 1. The molecular formula is C11H13ClFN5O3. The number of halogens is 2. The highest BCUT2D eigenvalue weighted by atomic mass is 35.5. The summed E-state index contributed by atoms with van der Waals surface area (Å²) >= 11 is 5.74. The minimum absolute atomic E-state index is 0.0580. The van der Waals surface area contributed by atoms with Gasteiger partial charge in [0.2, 0.25) is 5.28 Å². The summed E-state index contributed by atoms with van der Waals surface area (Å²) in [6.45, 7) is 0.884. The number of nitrogens with zero attached hydrogens (tertiary/aromatic N) is 4. The maximum absolute atomic E-state index is 14.3. The molecule has 0 unspecified atom stereocenters. The number of aromatic nitrogens is 4. The van der Waals surface area contributed by atoms with Crippen LogP contribution in [0.5, 0.6) is 0 Å². The van der Waals surface area contributed by atoms with E-state index >= 15 is 0 Å². The third kappa shape index (κ3) is 2.04. The number of hydrogen-bond acceptors (Lipinski definition) is 7. The number of rotatable bonds is 2. The van der Waals surface area contributed by atoms with Crippen LogP contribution in [0.3, 0.4) is 0 Å². The molecule has 0 radical (unpaired) electrons. The number of aliphatic hydroxyl groups excluding tert-OH is 2. The fraction of sp³-hybridized carbons (Fsp3) is 0.545. The Morgan fingerprint density at radius 2 is 2.29 bits per heavy atom. The summed E-state index contributed by atoms with van der Waals surface area (Å²) < 4.78 is 21.0. The summed E-state index contributed by atoms with van der Waals surface area (Å²) in [6.07, 6.45) is -3.18. The molecule has 0 saturated carbocycles. The molecule has 1 fully saturated rings. The molecule has 3 heterocycles. The van der Waals surface area contributed by atoms with Gasteiger partial charge in [-0.1, -0.05) is 0 Å². The van der Waals surface area contributed by atoms with Crippen molar-refractivity contribution in [3.05, 3.63) is 11.6 Å². The largest absolute Gasteiger partial charge is 0.393 e. The summed E-state index contributed by atoms with van der Waals surface area (Å²) in [5.74, 6) is 0.0580. The monoisotopic (exact) mass is 317 g/mol. The average Bonchev–Trinajstić information content (AvgIpc) is 2.95. The predicted octanol–water partition coefficient (Wildman–Crippen LogP) is 0.0407. The lowest BCUT2D eigenvalue weighted by molar-refractivity contribution is -0.115. The van der Waals surface area contributed by atoms with E-state index in [-0.39, 0.29) is 22.3 Å². The first-order chi connectivity index (χ1) is 9.87. The molecule has 1 aliphatic rings. The molecule has 1 aliphatic heterocycles. The van der Waals surface area contributed by atoms with Gasteiger partial charge in [0.25, 0.3) is 0 Å². The summed E-state index contributed by atoms with van der Waals surface area (Å²) in [4.78, 5) is 11.7. The minimum atomic E-state index is -1.77. The summed E-state index contributed by atoms with van der Waals surface area (Å²) in [5.41, 5.74) is 4.70. The number of nitrogens with two attached hydrogens (primary N) is 1. The molecule has 0 spiro atoms. The van der Waals surface area contributed by atoms with E-state index in [1.54, 1.807) is 0 Å². The topological polar surface area (TPSA) is 119 Å². The Kier molecular flexibility index (Phi) is 3.24. The lowest BCUT2D eigenvalue weighted by Gasteiger charge is -2.24. The van der Waals surface area contributed by atoms with Crippen LogP contribution in [0.15, 0.2) is 6.33 Å². The second-order valence-electron chi connectivity index (χ2n) is 5.07. The number of anilines is 1. The van der Waals surface area contributed by atoms with Gasteiger partial charge in [-0.05, 0) is 18.5 Å². The molecule has 8 nitrogen and oxygen atoms in total. The van der Waals surface area contributed by atoms with Crippen molar-refractivity contribution >= 4 is 28.6 Å². The lowest BCUT2D eigenvalue weighted by atomic mass is 9.99. The zero-order chi connectivity index (χ0) is 15.4. The summed E-state index contributed by atoms with van der Waals surface area (Å²) in [7, 11) is 0. The Hall–Kier alpha value is -1.55. The molecule has 4 atom stereocenters. The second-order valence-corrected chi connectivity index (χ2v) is 5.41. The molecule has 0 aromatic carbocycles. The van der Waals surface area contributed by atoms with Crippen molar-refractivity contribution in [1.29, 1.82) is 0 Å². The van der Waals surface area contributed by atoms with E-state index in [1.807, 2.05) is 0 Å². The summed E-state index contributed by atoms with van der Waals surface area (Å²) in [5, 5.41) is 19.1. The van der Waals surface area contributed by atoms with Gasteiger partial charge in [0.05, 0.1) is 12.9 Å². The zero-order valence-electron chi connectivity index (χ0n) is 10.9. The molecule has 10 heteroatoms. The van der Waals surface area contributed by atoms with E-state index in [0.29, 0.717) is 0 Å². The number of nitrogen functional groups attached to an aromatic ring is 1. The molecule has 1 saturated heterocycles. The molecule has 0 amide bonds. The van der Waals surface area contributed by atoms with Crippen LogP contribution in [-0.4, -0.2) is 54.2 Å². The molecule has 4 N–H and O–H groups in total. The average molecular weight is 318 g/mol. The van der Waals surface area contributed by atoms with E-state index in [2.05, 4.69) is 15.0 Å². The van der Waals surface area contributed by atoms with Crippen LogP contribution >= 0.6 is 11.6 Å². The van der Waals surface area contributed by atoms with Crippen molar-refractivity contribution in [3.8, 4) is 0 Å². The van der Waals surface area contributed by atoms with Crippen molar-refractivity contribution in [3.63, 3.8) is 0 Å². The van der Waals surface area contributed by atoms with E-state index in [9.17, 15) is 14.6 Å². The Balaban J connectivity index is 2.10. The number of fused-ring (bicyclic) bond motifs is 1. The normalized spacial score (nSPS) is 32.9. The highest BCUT2D eigenvalue weighted by Gasteiger charge is 2.53. The van der Waals surface area contributed by atoms with Crippen molar-refractivity contribution in [1.82, 2.24) is 19.5 Å². The van der Waals surface area contributed by atoms with E-state index in [4.69, 9.17) is 22.1 Å². The minimum Gasteiger partial charge on any atom is -0.393 e. The Morgan fingerprint density at radius 1 is 1.57 bits per heavy atom. The maximum Gasteiger partial charge on any atom is 0.226 e. The molecule has 21 heavy (non-hydrogen) atoms. The van der Waals surface area contributed by atoms with E-state index in [1.165, 1.54) is 17.8 Å². The van der Waals surface area contributed by atoms with Crippen LogP contribution in [0, 0.1) is 0 Å². The quantitative estimate of drug-likeness (QED) is 0.669. The molecule has 0 bridgehead atoms. The van der Waals surface area contributed by atoms with Crippen LogP contribution in [0.25, 0.3) is 11.2 Å². The summed E-state index contributed by atoms with van der Waals surface area (Å²) in [6, 6.07) is 0. The Labute approximate surface area is 123 Å². The fourth-order valence-corrected chi connectivity index (χ4v) is 2.51. The Morgan fingerprint density at radius 3 is 2.90 bits per heavy atom. The maximum atomic E-state index is 14.3. The number of imidazole rings is 1. The number of aliphatic hydroxyl groups is 2. The second kappa shape index (κ2) is 4.73. The van der Waals surface area contributed by atoms with E-state index < -0.39 is 30.7 Å². The highest BCUT2D eigenvalue weighted by molar-refractivity contribution is 6.28. The van der Waals surface area contributed by atoms with Crippen molar-refractivity contribution < 1.29 is 19.3 Å². The van der Waals surface area contributed by atoms with Gasteiger partial charge in [0.15, 0.2) is 23.9 Å². The first-order valence-electron chi connectivity index (χ1n) is 6.14. The third-order valence-electron chi connectivity index (χ3n) is 3.60. The number of hydrogen-bond donors (Lipinski definition) is 3. The van der Waals surface area contributed by atoms with Gasteiger partial charge < -0.3 is 20.7 Å². The fourth-order valence-electron chi connectivity index (χ4n) is 2.34. The van der Waals surface area contributed by atoms with Crippen LogP contribution in [0.4, 0.5) is 10.2 Å². The molecule has 3 rings (SSSR count). The van der Waals surface area contributed by atoms with Gasteiger partial charge in [-0.15, -0.1) is 0 Å². The first-order valence-corrected chi connectivity index (χ1v) is 6.51. The molecular weight excluding hydrogens is 305 g/mol. The zero-order valence-corrected chi connectivity index (χ0v) is 11.7. The van der Waals surface area contributed by atoms with Gasteiger partial charge in [-0.25, -0.2) is 9.37 Å². The molecule has 2 aromatic rings. The molecule has 114 valence electrons. The first kappa shape index (κ1) is 14.4. The van der Waals surface area contributed by atoms with Crippen molar-refractivity contribution in [2.75, 3.05) is 12.3 Å². The van der Waals surface area contributed by atoms with Gasteiger partial charge in [0.1, 0.15) is 17.2 Å². The van der Waals surface area contributed by atoms with Crippen molar-refractivity contribution in [2.45, 2.75) is 31.0 Å². The molecule has 0 aliphatic carbocycles. The number of ether oxygens (including phenoxy) is 1. The van der Waals surface area contributed by atoms with Crippen molar-refractivity contribution in [2.24, 2.45) is 0 Å². The smallest absolute Gasteiger partial charge is 0.226 e. The van der Waals surface area contributed by atoms with E-state index in [0.717, 1.165) is 0 Å².